The lowest BCUT2D eigenvalue weighted by molar-refractivity contribution is -0.152. The van der Waals surface area contributed by atoms with Gasteiger partial charge >= 0.3 is 5.97 Å². The minimum atomic E-state index is -0.529. The molecule has 3 rings (SSSR count). The molecular weight excluding hydrogens is 256 g/mol. The van der Waals surface area contributed by atoms with Gasteiger partial charge in [0.1, 0.15) is 5.54 Å². The molecule has 3 unspecified atom stereocenters. The van der Waals surface area contributed by atoms with Gasteiger partial charge in [0.15, 0.2) is 0 Å². The Hall–Kier alpha value is -0.650. The second-order valence-corrected chi connectivity index (χ2v) is 6.37. The van der Waals surface area contributed by atoms with E-state index in [1.54, 1.807) is 0 Å². The number of hydrogen-bond acceptors (Lipinski definition) is 5. The van der Waals surface area contributed by atoms with Crippen molar-refractivity contribution in [2.45, 2.75) is 49.8 Å². The minimum absolute atomic E-state index is 0.108. The topological polar surface area (TPSA) is 50.8 Å². The van der Waals surface area contributed by atoms with Crippen LogP contribution in [-0.2, 0) is 14.3 Å². The van der Waals surface area contributed by atoms with Gasteiger partial charge in [0, 0.05) is 19.1 Å². The molecule has 1 saturated heterocycles. The number of likely N-dealkylation sites (N-methyl/N-ethyl adjacent to an activating group) is 1. The number of methoxy groups -OCH3 is 1. The van der Waals surface area contributed by atoms with Gasteiger partial charge in [-0.2, -0.15) is 0 Å². The smallest absolute Gasteiger partial charge is 0.327 e. The van der Waals surface area contributed by atoms with E-state index in [9.17, 15) is 4.79 Å². The number of carbonyl (C=O) groups excluding carboxylic acids is 1. The van der Waals surface area contributed by atoms with Crippen LogP contribution < -0.4 is 5.32 Å². The molecule has 0 amide bonds. The number of nitrogens with one attached hydrogen (secondary N) is 1. The first-order valence-corrected chi connectivity index (χ1v) is 7.84. The summed E-state index contributed by atoms with van der Waals surface area (Å²) in [5.74, 6) is 0.311. The SMILES string of the molecule is CNC(CN1CCOC2CCCC21)(C(=O)OC)C1CC1. The van der Waals surface area contributed by atoms with E-state index in [1.807, 2.05) is 7.05 Å². The van der Waals surface area contributed by atoms with Crippen molar-refractivity contribution in [2.75, 3.05) is 33.9 Å². The van der Waals surface area contributed by atoms with Crippen LogP contribution in [0.15, 0.2) is 0 Å². The number of hydrogen-bond donors (Lipinski definition) is 1. The van der Waals surface area contributed by atoms with Gasteiger partial charge in [-0.25, -0.2) is 4.79 Å². The molecule has 2 saturated carbocycles. The molecule has 20 heavy (non-hydrogen) atoms. The van der Waals surface area contributed by atoms with E-state index in [1.165, 1.54) is 20.0 Å². The molecule has 114 valence electrons. The third-order valence-corrected chi connectivity index (χ3v) is 5.32. The fourth-order valence-corrected chi connectivity index (χ4v) is 4.03. The van der Waals surface area contributed by atoms with E-state index < -0.39 is 5.54 Å². The number of fused-ring (bicyclic) bond motifs is 1. The maximum absolute atomic E-state index is 12.4. The molecule has 3 fully saturated rings. The molecule has 0 aromatic carbocycles. The Labute approximate surface area is 121 Å². The molecule has 1 aliphatic heterocycles. The summed E-state index contributed by atoms with van der Waals surface area (Å²) in [6.45, 7) is 2.46. The lowest BCUT2D eigenvalue weighted by Gasteiger charge is -2.43. The summed E-state index contributed by atoms with van der Waals surface area (Å²) in [4.78, 5) is 14.8. The highest BCUT2D eigenvalue weighted by Gasteiger charge is 2.53. The summed E-state index contributed by atoms with van der Waals surface area (Å²) >= 11 is 0. The van der Waals surface area contributed by atoms with E-state index in [0.29, 0.717) is 18.1 Å². The van der Waals surface area contributed by atoms with Crippen LogP contribution in [0, 0.1) is 5.92 Å². The zero-order chi connectivity index (χ0) is 14.2. The summed E-state index contributed by atoms with van der Waals surface area (Å²) in [5, 5.41) is 3.30. The first kappa shape index (κ1) is 14.3. The van der Waals surface area contributed by atoms with Crippen LogP contribution in [0.2, 0.25) is 0 Å². The number of morpholine rings is 1. The molecule has 5 heteroatoms. The van der Waals surface area contributed by atoms with Gasteiger partial charge in [-0.15, -0.1) is 0 Å². The molecule has 1 heterocycles. The van der Waals surface area contributed by atoms with Crippen molar-refractivity contribution in [3.8, 4) is 0 Å². The van der Waals surface area contributed by atoms with Crippen molar-refractivity contribution < 1.29 is 14.3 Å². The van der Waals surface area contributed by atoms with Crippen molar-refractivity contribution >= 4 is 5.97 Å². The van der Waals surface area contributed by atoms with E-state index in [-0.39, 0.29) is 5.97 Å². The van der Waals surface area contributed by atoms with Crippen LogP contribution in [0.1, 0.15) is 32.1 Å². The van der Waals surface area contributed by atoms with Gasteiger partial charge in [-0.3, -0.25) is 4.90 Å². The van der Waals surface area contributed by atoms with Gasteiger partial charge in [0.05, 0.1) is 19.8 Å². The third kappa shape index (κ3) is 2.36. The molecular formula is C15H26N2O3. The van der Waals surface area contributed by atoms with Gasteiger partial charge in [0.25, 0.3) is 0 Å². The van der Waals surface area contributed by atoms with E-state index in [2.05, 4.69) is 10.2 Å². The highest BCUT2D eigenvalue weighted by Crippen LogP contribution is 2.42. The second kappa shape index (κ2) is 5.62. The monoisotopic (exact) mass is 282 g/mol. The van der Waals surface area contributed by atoms with Crippen molar-refractivity contribution in [1.82, 2.24) is 10.2 Å². The Kier molecular flexibility index (Phi) is 4.02. The molecule has 5 nitrogen and oxygen atoms in total. The Balaban J connectivity index is 1.76. The van der Waals surface area contributed by atoms with Gasteiger partial charge in [0.2, 0.25) is 0 Å². The number of carbonyl (C=O) groups is 1. The fourth-order valence-electron chi connectivity index (χ4n) is 4.03. The van der Waals surface area contributed by atoms with Crippen LogP contribution in [0.3, 0.4) is 0 Å². The molecule has 0 bridgehead atoms. The van der Waals surface area contributed by atoms with Crippen LogP contribution in [0.5, 0.6) is 0 Å². The zero-order valence-electron chi connectivity index (χ0n) is 12.6. The van der Waals surface area contributed by atoms with E-state index in [0.717, 1.165) is 39.0 Å². The predicted molar refractivity (Wildman–Crippen MR) is 75.5 cm³/mol. The first-order chi connectivity index (χ1) is 9.71. The lowest BCUT2D eigenvalue weighted by atomic mass is 9.91. The highest BCUT2D eigenvalue weighted by atomic mass is 16.5. The minimum Gasteiger partial charge on any atom is -0.468 e. The molecule has 0 radical (unpaired) electrons. The summed E-state index contributed by atoms with van der Waals surface area (Å²) in [7, 11) is 3.39. The van der Waals surface area contributed by atoms with E-state index in [4.69, 9.17) is 9.47 Å². The molecule has 1 N–H and O–H groups in total. The summed E-state index contributed by atoms with van der Waals surface area (Å²) < 4.78 is 11.0. The maximum atomic E-state index is 12.4. The number of ether oxygens (including phenoxy) is 2. The zero-order valence-corrected chi connectivity index (χ0v) is 12.6. The largest absolute Gasteiger partial charge is 0.468 e. The standard InChI is InChI=1S/C15H26N2O3/c1-16-15(11-6-7-11,14(18)19-2)10-17-8-9-20-13-5-3-4-12(13)17/h11-13,16H,3-10H2,1-2H3. The summed E-state index contributed by atoms with van der Waals surface area (Å²) in [6, 6.07) is 0.486. The normalized spacial score (nSPS) is 33.5. The van der Waals surface area contributed by atoms with Crippen LogP contribution >= 0.6 is 0 Å². The Bertz CT molecular complexity index is 372. The summed E-state index contributed by atoms with van der Waals surface area (Å²) in [6.07, 6.45) is 6.20. The van der Waals surface area contributed by atoms with Crippen LogP contribution in [0.4, 0.5) is 0 Å². The lowest BCUT2D eigenvalue weighted by Crippen LogP contribution is -2.63. The average Bonchev–Trinajstić information content (AvgIpc) is 3.21. The third-order valence-electron chi connectivity index (χ3n) is 5.32. The molecule has 2 aliphatic carbocycles. The Morgan fingerprint density at radius 3 is 2.85 bits per heavy atom. The van der Waals surface area contributed by atoms with Gasteiger partial charge in [-0.1, -0.05) is 0 Å². The quantitative estimate of drug-likeness (QED) is 0.755. The van der Waals surface area contributed by atoms with Crippen molar-refractivity contribution in [3.05, 3.63) is 0 Å². The van der Waals surface area contributed by atoms with Crippen LogP contribution in [0.25, 0.3) is 0 Å². The Morgan fingerprint density at radius 1 is 1.40 bits per heavy atom. The summed E-state index contributed by atoms with van der Waals surface area (Å²) in [5.41, 5.74) is -0.529. The molecule has 0 spiro atoms. The van der Waals surface area contributed by atoms with Crippen molar-refractivity contribution in [1.29, 1.82) is 0 Å². The average molecular weight is 282 g/mol. The number of nitrogens with zero attached hydrogens (tertiary/aromatic N) is 1. The Morgan fingerprint density at radius 2 is 2.20 bits per heavy atom. The van der Waals surface area contributed by atoms with Crippen molar-refractivity contribution in [2.24, 2.45) is 5.92 Å². The van der Waals surface area contributed by atoms with Gasteiger partial charge in [-0.05, 0) is 45.1 Å². The second-order valence-electron chi connectivity index (χ2n) is 6.37. The predicted octanol–water partition coefficient (Wildman–Crippen LogP) is 0.781. The molecule has 3 aliphatic rings. The van der Waals surface area contributed by atoms with Gasteiger partial charge < -0.3 is 14.8 Å². The maximum Gasteiger partial charge on any atom is 0.327 e. The molecule has 0 aromatic rings. The van der Waals surface area contributed by atoms with Crippen LogP contribution in [-0.4, -0.2) is 62.4 Å². The number of esters is 1. The van der Waals surface area contributed by atoms with E-state index >= 15 is 0 Å². The fraction of sp³-hybridized carbons (Fsp3) is 0.933. The highest BCUT2D eigenvalue weighted by molar-refractivity contribution is 5.82. The number of rotatable bonds is 5. The molecule has 3 atom stereocenters. The van der Waals surface area contributed by atoms with Crippen molar-refractivity contribution in [3.63, 3.8) is 0 Å². The first-order valence-electron chi connectivity index (χ1n) is 7.84. The molecule has 0 aromatic heterocycles.